The third-order valence-electron chi connectivity index (χ3n) is 3.31. The summed E-state index contributed by atoms with van der Waals surface area (Å²) in [5.74, 6) is 0. The monoisotopic (exact) mass is 344 g/mol. The van der Waals surface area contributed by atoms with Gasteiger partial charge in [-0.15, -0.1) is 11.3 Å². The minimum absolute atomic E-state index is 0.245. The summed E-state index contributed by atoms with van der Waals surface area (Å²) < 4.78 is 27.1. The molecule has 0 bridgehead atoms. The number of hydrogen-bond acceptors (Lipinski definition) is 4. The lowest BCUT2D eigenvalue weighted by molar-refractivity contribution is 0.581. The number of rotatable bonds is 5. The first kappa shape index (κ1) is 15.9. The van der Waals surface area contributed by atoms with E-state index in [0.717, 1.165) is 21.8 Å². The summed E-state index contributed by atoms with van der Waals surface area (Å²) in [6, 6.07) is 16.1. The van der Waals surface area contributed by atoms with Crippen LogP contribution in [0.2, 0.25) is 0 Å². The highest BCUT2D eigenvalue weighted by molar-refractivity contribution is 7.89. The van der Waals surface area contributed by atoms with Gasteiger partial charge >= 0.3 is 0 Å². The Hall–Kier alpha value is -2.02. The van der Waals surface area contributed by atoms with Crippen LogP contribution in [0.3, 0.4) is 0 Å². The molecule has 23 heavy (non-hydrogen) atoms. The zero-order valence-corrected chi connectivity index (χ0v) is 14.2. The fraction of sp³-hybridized carbons (Fsp3) is 0.118. The van der Waals surface area contributed by atoms with Crippen LogP contribution < -0.4 is 4.72 Å². The topological polar surface area (TPSA) is 59.1 Å². The number of nitrogens with one attached hydrogen (secondary N) is 1. The van der Waals surface area contributed by atoms with E-state index < -0.39 is 10.0 Å². The Balaban J connectivity index is 1.76. The predicted molar refractivity (Wildman–Crippen MR) is 92.8 cm³/mol. The van der Waals surface area contributed by atoms with Gasteiger partial charge in [-0.2, -0.15) is 0 Å². The summed E-state index contributed by atoms with van der Waals surface area (Å²) in [6.45, 7) is 2.20. The Morgan fingerprint density at radius 1 is 1.09 bits per heavy atom. The highest BCUT2D eigenvalue weighted by Gasteiger charge is 2.13. The summed E-state index contributed by atoms with van der Waals surface area (Å²) in [4.78, 5) is 4.73. The molecule has 1 heterocycles. The lowest BCUT2D eigenvalue weighted by atomic mass is 10.1. The van der Waals surface area contributed by atoms with E-state index in [1.54, 1.807) is 41.7 Å². The second-order valence-electron chi connectivity index (χ2n) is 5.13. The summed E-state index contributed by atoms with van der Waals surface area (Å²) in [6.07, 6.45) is 0. The van der Waals surface area contributed by atoms with Gasteiger partial charge in [-0.3, -0.25) is 0 Å². The van der Waals surface area contributed by atoms with Crippen LogP contribution in [0.1, 0.15) is 11.3 Å². The summed E-state index contributed by atoms with van der Waals surface area (Å²) in [5, 5.41) is 2.94. The number of sulfonamides is 1. The van der Waals surface area contributed by atoms with Gasteiger partial charge in [0.2, 0.25) is 10.0 Å². The molecule has 0 aliphatic carbocycles. The summed E-state index contributed by atoms with van der Waals surface area (Å²) in [5.41, 5.74) is 2.88. The molecule has 0 radical (unpaired) electrons. The molecule has 2 aromatic carbocycles. The molecule has 0 unspecified atom stereocenters. The summed E-state index contributed by atoms with van der Waals surface area (Å²) >= 11 is 1.58. The van der Waals surface area contributed by atoms with Crippen molar-refractivity contribution in [3.8, 4) is 10.6 Å². The van der Waals surface area contributed by atoms with Gasteiger partial charge in [-0.05, 0) is 30.7 Å². The smallest absolute Gasteiger partial charge is 0.240 e. The van der Waals surface area contributed by atoms with Crippen molar-refractivity contribution >= 4 is 21.4 Å². The van der Waals surface area contributed by atoms with Crippen molar-refractivity contribution in [2.24, 2.45) is 0 Å². The standard InChI is InChI=1S/C17H16N2O2S2/c1-13-12-22-17(19-13)15-7-5-6-14(10-15)11-18-23(20,21)16-8-3-2-4-9-16/h2-10,12,18H,11H2,1H3. The number of benzene rings is 2. The van der Waals surface area contributed by atoms with E-state index in [2.05, 4.69) is 9.71 Å². The molecule has 4 nitrogen and oxygen atoms in total. The molecular formula is C17H16N2O2S2. The molecule has 6 heteroatoms. The van der Waals surface area contributed by atoms with E-state index in [1.165, 1.54) is 0 Å². The van der Waals surface area contributed by atoms with Crippen LogP contribution in [-0.2, 0) is 16.6 Å². The average Bonchev–Trinajstić information content (AvgIpc) is 3.01. The molecule has 0 spiro atoms. The fourth-order valence-corrected chi connectivity index (χ4v) is 4.00. The quantitative estimate of drug-likeness (QED) is 0.769. The molecule has 0 saturated heterocycles. The van der Waals surface area contributed by atoms with Crippen molar-refractivity contribution in [2.45, 2.75) is 18.4 Å². The Morgan fingerprint density at radius 2 is 1.87 bits per heavy atom. The molecule has 0 aliphatic heterocycles. The first-order chi connectivity index (χ1) is 11.0. The van der Waals surface area contributed by atoms with Gasteiger partial charge in [0, 0.05) is 23.2 Å². The first-order valence-corrected chi connectivity index (χ1v) is 9.47. The maximum atomic E-state index is 12.2. The molecule has 0 fully saturated rings. The van der Waals surface area contributed by atoms with Crippen LogP contribution >= 0.6 is 11.3 Å². The van der Waals surface area contributed by atoms with Gasteiger partial charge in [0.15, 0.2) is 0 Å². The van der Waals surface area contributed by atoms with Crippen molar-refractivity contribution in [3.63, 3.8) is 0 Å². The molecule has 3 rings (SSSR count). The number of thiazole rings is 1. The third-order valence-corrected chi connectivity index (χ3v) is 5.74. The molecule has 0 amide bonds. The SMILES string of the molecule is Cc1csc(-c2cccc(CNS(=O)(=O)c3ccccc3)c2)n1. The van der Waals surface area contributed by atoms with Crippen LogP contribution in [-0.4, -0.2) is 13.4 Å². The van der Waals surface area contributed by atoms with E-state index in [0.29, 0.717) is 0 Å². The van der Waals surface area contributed by atoms with Crippen LogP contribution in [0.5, 0.6) is 0 Å². The fourth-order valence-electron chi connectivity index (χ4n) is 2.16. The first-order valence-electron chi connectivity index (χ1n) is 7.11. The van der Waals surface area contributed by atoms with E-state index in [4.69, 9.17) is 0 Å². The van der Waals surface area contributed by atoms with E-state index in [1.807, 2.05) is 36.6 Å². The number of aromatic nitrogens is 1. The van der Waals surface area contributed by atoms with E-state index >= 15 is 0 Å². The summed E-state index contributed by atoms with van der Waals surface area (Å²) in [7, 11) is -3.49. The molecule has 0 saturated carbocycles. The minimum Gasteiger partial charge on any atom is -0.241 e. The van der Waals surface area contributed by atoms with E-state index in [9.17, 15) is 8.42 Å². The number of nitrogens with zero attached hydrogens (tertiary/aromatic N) is 1. The molecule has 0 aliphatic rings. The van der Waals surface area contributed by atoms with Gasteiger partial charge in [-0.25, -0.2) is 18.1 Å². The van der Waals surface area contributed by atoms with Crippen molar-refractivity contribution in [1.29, 1.82) is 0 Å². The lowest BCUT2D eigenvalue weighted by Gasteiger charge is -2.07. The average molecular weight is 344 g/mol. The van der Waals surface area contributed by atoms with Gasteiger partial charge in [0.25, 0.3) is 0 Å². The minimum atomic E-state index is -3.49. The Morgan fingerprint density at radius 3 is 2.57 bits per heavy atom. The molecular weight excluding hydrogens is 328 g/mol. The molecule has 1 aromatic heterocycles. The largest absolute Gasteiger partial charge is 0.241 e. The van der Waals surface area contributed by atoms with Gasteiger partial charge in [-0.1, -0.05) is 36.4 Å². The maximum absolute atomic E-state index is 12.2. The van der Waals surface area contributed by atoms with Gasteiger partial charge < -0.3 is 0 Å². The second kappa shape index (κ2) is 6.62. The second-order valence-corrected chi connectivity index (χ2v) is 7.76. The van der Waals surface area contributed by atoms with Crippen molar-refractivity contribution in [2.75, 3.05) is 0 Å². The van der Waals surface area contributed by atoms with E-state index in [-0.39, 0.29) is 11.4 Å². The molecule has 0 atom stereocenters. The number of aryl methyl sites for hydroxylation is 1. The lowest BCUT2D eigenvalue weighted by Crippen LogP contribution is -2.23. The Kier molecular flexibility index (Phi) is 4.56. The van der Waals surface area contributed by atoms with Crippen LogP contribution in [0.15, 0.2) is 64.9 Å². The molecule has 118 valence electrons. The van der Waals surface area contributed by atoms with Crippen molar-refractivity contribution in [3.05, 3.63) is 71.2 Å². The normalized spacial score (nSPS) is 11.5. The number of hydrogen-bond donors (Lipinski definition) is 1. The van der Waals surface area contributed by atoms with Gasteiger partial charge in [0.05, 0.1) is 4.90 Å². The van der Waals surface area contributed by atoms with Crippen LogP contribution in [0.25, 0.3) is 10.6 Å². The highest BCUT2D eigenvalue weighted by Crippen LogP contribution is 2.24. The zero-order valence-electron chi connectivity index (χ0n) is 12.6. The Labute approximate surface area is 139 Å². The van der Waals surface area contributed by atoms with Crippen LogP contribution in [0, 0.1) is 6.92 Å². The van der Waals surface area contributed by atoms with Gasteiger partial charge in [0.1, 0.15) is 5.01 Å². The molecule has 1 N–H and O–H groups in total. The predicted octanol–water partition coefficient (Wildman–Crippen LogP) is 3.60. The maximum Gasteiger partial charge on any atom is 0.240 e. The molecule has 3 aromatic rings. The van der Waals surface area contributed by atoms with Crippen LogP contribution in [0.4, 0.5) is 0 Å². The Bertz CT molecular complexity index is 903. The zero-order chi connectivity index (χ0) is 16.3. The third kappa shape index (κ3) is 3.85. The highest BCUT2D eigenvalue weighted by atomic mass is 32.2. The van der Waals surface area contributed by atoms with Crippen molar-refractivity contribution in [1.82, 2.24) is 9.71 Å². The van der Waals surface area contributed by atoms with Crippen molar-refractivity contribution < 1.29 is 8.42 Å².